The molecule has 0 N–H and O–H groups in total. The van der Waals surface area contributed by atoms with Gasteiger partial charge in [0.1, 0.15) is 11.0 Å². The normalized spacial score (nSPS) is 12.1. The molecule has 0 spiro atoms. The van der Waals surface area contributed by atoms with E-state index in [1.165, 1.54) is 81.9 Å². The van der Waals surface area contributed by atoms with Gasteiger partial charge in [-0.1, -0.05) is 188 Å². The minimum absolute atomic E-state index is 0.938. The van der Waals surface area contributed by atoms with Gasteiger partial charge in [0.05, 0.1) is 32.3 Å². The fourth-order valence-corrected chi connectivity index (χ4v) is 16.1. The Morgan fingerprint density at radius 3 is 1.40 bits per heavy atom. The van der Waals surface area contributed by atoms with Crippen LogP contribution in [0.5, 0.6) is 0 Å². The molecule has 5 heteroatoms. The van der Waals surface area contributed by atoms with E-state index in [0.29, 0.717) is 0 Å². The average molecular weight is 836 g/mol. The molecule has 0 bridgehead atoms. The van der Waals surface area contributed by atoms with Crippen molar-refractivity contribution in [2.24, 2.45) is 0 Å². The number of thiophene rings is 1. The van der Waals surface area contributed by atoms with Crippen LogP contribution in [0.1, 0.15) is 0 Å². The first-order chi connectivity index (χ1) is 31.3. The molecule has 13 rings (SSSR count). The smallest absolute Gasteiger partial charge is 0.201 e. The lowest BCUT2D eigenvalue weighted by Crippen LogP contribution is -2.75. The molecule has 0 aliphatic heterocycles. The summed E-state index contributed by atoms with van der Waals surface area (Å²) < 4.78 is 4.60. The molecular formula is C58H37N3SSi. The van der Waals surface area contributed by atoms with Gasteiger partial charge in [-0.15, -0.1) is 11.3 Å². The summed E-state index contributed by atoms with van der Waals surface area (Å²) in [4.78, 5) is 11.1. The maximum absolute atomic E-state index is 5.82. The summed E-state index contributed by atoms with van der Waals surface area (Å²) in [7, 11) is -3.10. The van der Waals surface area contributed by atoms with Crippen molar-refractivity contribution in [3.63, 3.8) is 0 Å². The highest BCUT2D eigenvalue weighted by Gasteiger charge is 2.44. The third-order valence-corrected chi connectivity index (χ3v) is 18.9. The van der Waals surface area contributed by atoms with Gasteiger partial charge in [0.15, 0.2) is 0 Å². The predicted octanol–water partition coefficient (Wildman–Crippen LogP) is 12.3. The van der Waals surface area contributed by atoms with E-state index in [1.54, 1.807) is 11.3 Å². The van der Waals surface area contributed by atoms with Gasteiger partial charge in [0, 0.05) is 16.1 Å². The van der Waals surface area contributed by atoms with Crippen LogP contribution in [0, 0.1) is 0 Å². The van der Waals surface area contributed by atoms with E-state index in [9.17, 15) is 0 Å². The summed E-state index contributed by atoms with van der Waals surface area (Å²) in [6.07, 6.45) is 2.03. The van der Waals surface area contributed by atoms with Gasteiger partial charge in [-0.2, -0.15) is 0 Å². The number of para-hydroxylation sites is 2. The largest absolute Gasteiger partial charge is 0.308 e. The molecule has 0 saturated heterocycles. The zero-order valence-corrected chi connectivity index (χ0v) is 35.9. The molecule has 8 aromatic carbocycles. The van der Waals surface area contributed by atoms with Gasteiger partial charge >= 0.3 is 0 Å². The summed E-state index contributed by atoms with van der Waals surface area (Å²) >= 11 is 1.77. The Morgan fingerprint density at radius 1 is 0.365 bits per heavy atom. The Kier molecular flexibility index (Phi) is 8.10. The SMILES string of the molecule is c1ccc([Si](c2ccccc2)(c2ccc3c(c2)-c2ccccc2-c2ccccc2-c2ccccc2-3)c2ccc3sc4cc(-n5c6ccccc6c6ccccc65)cnc4c3n2)cc1. The van der Waals surface area contributed by atoms with Crippen LogP contribution in [0.15, 0.2) is 225 Å². The maximum atomic E-state index is 5.82. The highest BCUT2D eigenvalue weighted by atomic mass is 32.1. The number of aromatic nitrogens is 3. The zero-order chi connectivity index (χ0) is 41.5. The summed E-state index contributed by atoms with van der Waals surface area (Å²) in [6.45, 7) is 0. The van der Waals surface area contributed by atoms with Crippen LogP contribution in [0.3, 0.4) is 0 Å². The number of pyridine rings is 2. The minimum atomic E-state index is -3.10. The van der Waals surface area contributed by atoms with Gasteiger partial charge in [0.25, 0.3) is 0 Å². The Bertz CT molecular complexity index is 3660. The molecule has 1 aliphatic rings. The molecule has 0 unspecified atom stereocenters. The lowest BCUT2D eigenvalue weighted by atomic mass is 9.81. The molecule has 1 aliphatic carbocycles. The van der Waals surface area contributed by atoms with Crippen molar-refractivity contribution in [1.82, 2.24) is 14.5 Å². The van der Waals surface area contributed by atoms with Crippen LogP contribution >= 0.6 is 11.3 Å². The van der Waals surface area contributed by atoms with Gasteiger partial charge in [-0.05, 0) is 90.4 Å². The van der Waals surface area contributed by atoms with Crippen LogP contribution in [0.25, 0.3) is 92.4 Å². The molecule has 0 atom stereocenters. The lowest BCUT2D eigenvalue weighted by molar-refractivity contribution is 1.16. The molecule has 0 radical (unpaired) electrons. The van der Waals surface area contributed by atoms with Crippen molar-refractivity contribution in [2.75, 3.05) is 0 Å². The van der Waals surface area contributed by atoms with Crippen LogP contribution in [-0.4, -0.2) is 22.6 Å². The number of hydrogen-bond acceptors (Lipinski definition) is 3. The van der Waals surface area contributed by atoms with Crippen LogP contribution in [0.2, 0.25) is 0 Å². The van der Waals surface area contributed by atoms with Crippen molar-refractivity contribution >= 4 is 82.5 Å². The zero-order valence-electron chi connectivity index (χ0n) is 34.1. The van der Waals surface area contributed by atoms with Crippen molar-refractivity contribution < 1.29 is 0 Å². The van der Waals surface area contributed by atoms with E-state index < -0.39 is 8.07 Å². The van der Waals surface area contributed by atoms with E-state index in [4.69, 9.17) is 9.97 Å². The average Bonchev–Trinajstić information content (AvgIpc) is 3.89. The Hall–Kier alpha value is -7.70. The first-order valence-electron chi connectivity index (χ1n) is 21.5. The van der Waals surface area contributed by atoms with Crippen LogP contribution < -0.4 is 20.9 Å². The summed E-state index contributed by atoms with van der Waals surface area (Å²) in [6, 6.07) is 80.5. The Labute approximate surface area is 369 Å². The molecule has 12 aromatic rings. The standard InChI is InChI=1S/C58H37N3SSi/c1-3-17-39(18-4-1)63(40-19-5-2-6-20-40,41-31-32-48-46-25-10-9-23-44(46)42-21-7-8-22-43(42)45-24-11-12-26-47(45)51(48)36-41)56-34-33-54-58(60-56)57-55(62-54)35-38(37-59-57)61-52-29-15-13-27-49(52)50-28-14-16-30-53(50)61/h1-37H. The second-order valence-electron chi connectivity index (χ2n) is 16.4. The number of nitrogens with zero attached hydrogens (tertiary/aromatic N) is 3. The molecule has 0 saturated carbocycles. The number of fused-ring (bicyclic) bond motifs is 14. The molecule has 3 nitrogen and oxygen atoms in total. The number of benzene rings is 8. The van der Waals surface area contributed by atoms with E-state index in [-0.39, 0.29) is 0 Å². The van der Waals surface area contributed by atoms with E-state index >= 15 is 0 Å². The van der Waals surface area contributed by atoms with Crippen molar-refractivity contribution in [3.8, 4) is 50.2 Å². The number of rotatable bonds is 5. The molecular weight excluding hydrogens is 799 g/mol. The molecule has 0 fully saturated rings. The van der Waals surface area contributed by atoms with Gasteiger partial charge in [-0.3, -0.25) is 9.97 Å². The first kappa shape index (κ1) is 36.0. The van der Waals surface area contributed by atoms with E-state index in [1.807, 2.05) is 6.20 Å². The second-order valence-corrected chi connectivity index (χ2v) is 21.3. The highest BCUT2D eigenvalue weighted by Crippen LogP contribution is 2.47. The lowest BCUT2D eigenvalue weighted by Gasteiger charge is -2.34. The molecule has 0 amide bonds. The fraction of sp³-hybridized carbons (Fsp3) is 0. The topological polar surface area (TPSA) is 30.7 Å². The third kappa shape index (κ3) is 5.37. The van der Waals surface area contributed by atoms with E-state index in [2.05, 4.69) is 223 Å². The number of hydrogen-bond donors (Lipinski definition) is 0. The Morgan fingerprint density at radius 2 is 0.841 bits per heavy atom. The first-order valence-corrected chi connectivity index (χ1v) is 24.3. The fourth-order valence-electron chi connectivity index (χ4n) is 10.5. The van der Waals surface area contributed by atoms with Gasteiger partial charge < -0.3 is 4.57 Å². The van der Waals surface area contributed by atoms with Crippen molar-refractivity contribution in [1.29, 1.82) is 0 Å². The summed E-state index contributed by atoms with van der Waals surface area (Å²) in [5.74, 6) is 0. The predicted molar refractivity (Wildman–Crippen MR) is 268 cm³/mol. The quantitative estimate of drug-likeness (QED) is 0.128. The third-order valence-electron chi connectivity index (χ3n) is 13.2. The van der Waals surface area contributed by atoms with Crippen LogP contribution in [-0.2, 0) is 0 Å². The highest BCUT2D eigenvalue weighted by molar-refractivity contribution is 7.26. The second kappa shape index (κ2) is 14.2. The summed E-state index contributed by atoms with van der Waals surface area (Å²) in [5.41, 5.74) is 15.2. The van der Waals surface area contributed by atoms with Crippen LogP contribution in [0.4, 0.5) is 0 Å². The molecule has 294 valence electrons. The molecule has 4 aromatic heterocycles. The molecule has 4 heterocycles. The monoisotopic (exact) mass is 835 g/mol. The Balaban J connectivity index is 1.07. The van der Waals surface area contributed by atoms with Crippen molar-refractivity contribution in [3.05, 3.63) is 225 Å². The van der Waals surface area contributed by atoms with Crippen molar-refractivity contribution in [2.45, 2.75) is 0 Å². The van der Waals surface area contributed by atoms with Gasteiger partial charge in [0.2, 0.25) is 8.07 Å². The molecule has 63 heavy (non-hydrogen) atoms. The summed E-state index contributed by atoms with van der Waals surface area (Å²) in [5, 5.41) is 7.43. The van der Waals surface area contributed by atoms with Gasteiger partial charge in [-0.25, -0.2) is 0 Å². The minimum Gasteiger partial charge on any atom is -0.308 e. The van der Waals surface area contributed by atoms with E-state index in [0.717, 1.165) is 31.4 Å². The maximum Gasteiger partial charge on any atom is 0.201 e.